The molecule has 1 unspecified atom stereocenters. The number of nitrogens with one attached hydrogen (secondary N) is 2. The van der Waals surface area contributed by atoms with E-state index in [1.165, 1.54) is 25.7 Å². The van der Waals surface area contributed by atoms with Crippen molar-refractivity contribution >= 4 is 5.91 Å². The van der Waals surface area contributed by atoms with Crippen LogP contribution >= 0.6 is 0 Å². The number of rotatable bonds is 4. The maximum Gasteiger partial charge on any atom is 0.238 e. The zero-order chi connectivity index (χ0) is 14.2. The van der Waals surface area contributed by atoms with Gasteiger partial charge >= 0.3 is 0 Å². The first-order chi connectivity index (χ1) is 9.64. The number of aromatic nitrogens is 2. The first-order valence-corrected chi connectivity index (χ1v) is 7.22. The van der Waals surface area contributed by atoms with Crippen LogP contribution in [0.15, 0.2) is 6.20 Å². The number of nitrogens with zero attached hydrogens (tertiary/aromatic N) is 2. The van der Waals surface area contributed by atoms with Crippen molar-refractivity contribution in [1.29, 1.82) is 0 Å². The van der Waals surface area contributed by atoms with Crippen LogP contribution in [0.5, 0.6) is 5.88 Å². The number of carbonyl (C=O) groups is 1. The predicted molar refractivity (Wildman–Crippen MR) is 74.3 cm³/mol. The van der Waals surface area contributed by atoms with Gasteiger partial charge in [-0.05, 0) is 12.8 Å². The zero-order valence-corrected chi connectivity index (χ0v) is 12.1. The summed E-state index contributed by atoms with van der Waals surface area (Å²) in [7, 11) is 3.43. The van der Waals surface area contributed by atoms with Gasteiger partial charge in [0.25, 0.3) is 0 Å². The zero-order valence-electron chi connectivity index (χ0n) is 12.1. The normalized spacial score (nSPS) is 23.6. The van der Waals surface area contributed by atoms with Gasteiger partial charge in [-0.3, -0.25) is 9.48 Å². The average molecular weight is 278 g/mol. The number of aryl methyl sites for hydroxylation is 1. The van der Waals surface area contributed by atoms with E-state index in [-0.39, 0.29) is 17.4 Å². The van der Waals surface area contributed by atoms with Crippen molar-refractivity contribution in [2.75, 3.05) is 13.7 Å². The summed E-state index contributed by atoms with van der Waals surface area (Å²) < 4.78 is 6.89. The maximum atomic E-state index is 12.3. The highest BCUT2D eigenvalue weighted by molar-refractivity contribution is 5.84. The van der Waals surface area contributed by atoms with Crippen LogP contribution in [0.25, 0.3) is 0 Å². The van der Waals surface area contributed by atoms with E-state index in [1.54, 1.807) is 11.8 Å². The molecule has 110 valence electrons. The van der Waals surface area contributed by atoms with E-state index < -0.39 is 0 Å². The third kappa shape index (κ3) is 2.18. The molecule has 2 N–H and O–H groups in total. The van der Waals surface area contributed by atoms with Crippen LogP contribution in [-0.2, 0) is 18.4 Å². The van der Waals surface area contributed by atoms with E-state index in [0.717, 1.165) is 12.1 Å². The lowest BCUT2D eigenvalue weighted by atomic mass is 9.71. The number of amides is 1. The van der Waals surface area contributed by atoms with E-state index in [0.29, 0.717) is 12.4 Å². The lowest BCUT2D eigenvalue weighted by Crippen LogP contribution is -2.67. The Morgan fingerprint density at radius 2 is 2.35 bits per heavy atom. The van der Waals surface area contributed by atoms with Crippen LogP contribution in [0.2, 0.25) is 0 Å². The van der Waals surface area contributed by atoms with Gasteiger partial charge in [-0.1, -0.05) is 12.8 Å². The van der Waals surface area contributed by atoms with Gasteiger partial charge in [-0.2, -0.15) is 0 Å². The lowest BCUT2D eigenvalue weighted by molar-refractivity contribution is -0.130. The van der Waals surface area contributed by atoms with Crippen LogP contribution in [-0.4, -0.2) is 35.4 Å². The van der Waals surface area contributed by atoms with Crippen molar-refractivity contribution in [1.82, 2.24) is 20.4 Å². The summed E-state index contributed by atoms with van der Waals surface area (Å²) in [5.41, 5.74) is 1.13. The third-order valence-electron chi connectivity index (χ3n) is 4.64. The van der Waals surface area contributed by atoms with Crippen molar-refractivity contribution in [2.45, 2.75) is 38.3 Å². The quantitative estimate of drug-likeness (QED) is 0.845. The molecule has 6 nitrogen and oxygen atoms in total. The molecule has 1 saturated heterocycles. The van der Waals surface area contributed by atoms with E-state index in [2.05, 4.69) is 15.7 Å². The van der Waals surface area contributed by atoms with Crippen molar-refractivity contribution in [3.8, 4) is 5.88 Å². The standard InChI is InChI=1S/C14H22N4O2/c1-18-8-10(13(17-18)20-2)7-15-12(19)11-14(9-16-11)5-3-4-6-14/h8,11,16H,3-7,9H2,1-2H3,(H,15,19). The number of carbonyl (C=O) groups excluding carboxylic acids is 1. The van der Waals surface area contributed by atoms with E-state index >= 15 is 0 Å². The highest BCUT2D eigenvalue weighted by Gasteiger charge is 2.51. The molecule has 1 aromatic heterocycles. The molecule has 0 bridgehead atoms. The van der Waals surface area contributed by atoms with Gasteiger partial charge in [-0.25, -0.2) is 0 Å². The Morgan fingerprint density at radius 3 is 2.95 bits per heavy atom. The molecule has 1 spiro atoms. The van der Waals surface area contributed by atoms with E-state index in [4.69, 9.17) is 4.74 Å². The molecule has 1 saturated carbocycles. The van der Waals surface area contributed by atoms with Crippen molar-refractivity contribution < 1.29 is 9.53 Å². The fourth-order valence-corrected chi connectivity index (χ4v) is 3.50. The van der Waals surface area contributed by atoms with Crippen LogP contribution in [0.3, 0.4) is 0 Å². The van der Waals surface area contributed by atoms with Crippen molar-refractivity contribution in [2.24, 2.45) is 12.5 Å². The number of hydrogen-bond donors (Lipinski definition) is 2. The minimum Gasteiger partial charge on any atom is -0.480 e. The maximum absolute atomic E-state index is 12.3. The first-order valence-electron chi connectivity index (χ1n) is 7.22. The molecule has 20 heavy (non-hydrogen) atoms. The molecule has 2 heterocycles. The summed E-state index contributed by atoms with van der Waals surface area (Å²) in [4.78, 5) is 12.3. The van der Waals surface area contributed by atoms with Crippen LogP contribution < -0.4 is 15.4 Å². The van der Waals surface area contributed by atoms with E-state index in [9.17, 15) is 4.79 Å². The van der Waals surface area contributed by atoms with Crippen LogP contribution in [0.4, 0.5) is 0 Å². The Bertz CT molecular complexity index is 505. The Labute approximate surface area is 118 Å². The molecule has 2 fully saturated rings. The summed E-state index contributed by atoms with van der Waals surface area (Å²) in [5, 5.41) is 10.5. The minimum atomic E-state index is -0.0207. The molecule has 1 aromatic rings. The topological polar surface area (TPSA) is 68.2 Å². The molecular formula is C14H22N4O2. The van der Waals surface area contributed by atoms with Gasteiger partial charge in [-0.15, -0.1) is 5.10 Å². The summed E-state index contributed by atoms with van der Waals surface area (Å²) in [6, 6.07) is -0.0207. The Kier molecular flexibility index (Phi) is 3.41. The van der Waals surface area contributed by atoms with Crippen LogP contribution in [0.1, 0.15) is 31.2 Å². The van der Waals surface area contributed by atoms with Crippen molar-refractivity contribution in [3.63, 3.8) is 0 Å². The average Bonchev–Trinajstić information content (AvgIpc) is 3.02. The van der Waals surface area contributed by atoms with Gasteiger partial charge in [0, 0.05) is 31.7 Å². The van der Waals surface area contributed by atoms with Gasteiger partial charge < -0.3 is 15.4 Å². The number of methoxy groups -OCH3 is 1. The molecule has 3 rings (SSSR count). The van der Waals surface area contributed by atoms with Crippen LogP contribution in [0, 0.1) is 5.41 Å². The first kappa shape index (κ1) is 13.4. The molecule has 1 aliphatic heterocycles. The lowest BCUT2D eigenvalue weighted by Gasteiger charge is -2.47. The third-order valence-corrected chi connectivity index (χ3v) is 4.64. The molecule has 1 aliphatic carbocycles. The largest absolute Gasteiger partial charge is 0.480 e. The molecule has 6 heteroatoms. The fraction of sp³-hybridized carbons (Fsp3) is 0.714. The molecule has 1 amide bonds. The second-order valence-electron chi connectivity index (χ2n) is 5.94. The van der Waals surface area contributed by atoms with E-state index in [1.807, 2.05) is 13.2 Å². The molecule has 0 radical (unpaired) electrons. The molecule has 2 aliphatic rings. The highest BCUT2D eigenvalue weighted by Crippen LogP contribution is 2.45. The minimum absolute atomic E-state index is 0.0207. The van der Waals surface area contributed by atoms with Gasteiger partial charge in [0.2, 0.25) is 11.8 Å². The molecule has 1 atom stereocenters. The monoisotopic (exact) mass is 278 g/mol. The summed E-state index contributed by atoms with van der Waals surface area (Å²) in [5.74, 6) is 0.675. The predicted octanol–water partition coefficient (Wildman–Crippen LogP) is 0.577. The highest BCUT2D eigenvalue weighted by atomic mass is 16.5. The number of hydrogen-bond acceptors (Lipinski definition) is 4. The fourth-order valence-electron chi connectivity index (χ4n) is 3.50. The smallest absolute Gasteiger partial charge is 0.238 e. The van der Waals surface area contributed by atoms with Gasteiger partial charge in [0.05, 0.1) is 18.7 Å². The second-order valence-corrected chi connectivity index (χ2v) is 5.94. The summed E-state index contributed by atoms with van der Waals surface area (Å²) in [6.45, 7) is 1.45. The Morgan fingerprint density at radius 1 is 1.60 bits per heavy atom. The molecular weight excluding hydrogens is 256 g/mol. The van der Waals surface area contributed by atoms with Gasteiger partial charge in [0.15, 0.2) is 0 Å². The SMILES string of the molecule is COc1nn(C)cc1CNC(=O)C1NCC12CCCC2. The summed E-state index contributed by atoms with van der Waals surface area (Å²) in [6.07, 6.45) is 6.73. The van der Waals surface area contributed by atoms with Gasteiger partial charge in [0.1, 0.15) is 0 Å². The Hall–Kier alpha value is -1.56. The molecule has 0 aromatic carbocycles. The second kappa shape index (κ2) is 5.09. The summed E-state index contributed by atoms with van der Waals surface area (Å²) >= 11 is 0. The number of ether oxygens (including phenoxy) is 1. The van der Waals surface area contributed by atoms with Crippen molar-refractivity contribution in [3.05, 3.63) is 11.8 Å². The Balaban J connectivity index is 1.59.